The fourth-order valence-corrected chi connectivity index (χ4v) is 3.06. The zero-order chi connectivity index (χ0) is 10.9. The van der Waals surface area contributed by atoms with Crippen molar-refractivity contribution in [2.45, 2.75) is 63.6 Å². The lowest BCUT2D eigenvalue weighted by Crippen LogP contribution is -2.51. The smallest absolute Gasteiger partial charge is 0.0939 e. The van der Waals surface area contributed by atoms with Crippen LogP contribution in [-0.2, 0) is 4.74 Å². The first-order chi connectivity index (χ1) is 7.18. The van der Waals surface area contributed by atoms with Gasteiger partial charge < -0.3 is 9.84 Å². The maximum absolute atomic E-state index is 10.4. The van der Waals surface area contributed by atoms with E-state index in [2.05, 4.69) is 6.92 Å². The van der Waals surface area contributed by atoms with Crippen LogP contribution >= 0.6 is 0 Å². The van der Waals surface area contributed by atoms with Gasteiger partial charge in [0.1, 0.15) is 0 Å². The van der Waals surface area contributed by atoms with Gasteiger partial charge >= 0.3 is 0 Å². The van der Waals surface area contributed by atoms with Gasteiger partial charge in [-0.3, -0.25) is 0 Å². The van der Waals surface area contributed by atoms with E-state index in [9.17, 15) is 5.11 Å². The van der Waals surface area contributed by atoms with E-state index in [1.165, 1.54) is 32.1 Å². The maximum Gasteiger partial charge on any atom is 0.0939 e. The lowest BCUT2D eigenvalue weighted by Gasteiger charge is -2.46. The predicted molar refractivity (Wildman–Crippen MR) is 60.7 cm³/mol. The van der Waals surface area contributed by atoms with E-state index >= 15 is 0 Å². The molecule has 2 rings (SSSR count). The number of rotatable bonds is 3. The summed E-state index contributed by atoms with van der Waals surface area (Å²) >= 11 is 0. The molecule has 1 atom stereocenters. The van der Waals surface area contributed by atoms with Gasteiger partial charge in [-0.05, 0) is 50.4 Å². The maximum atomic E-state index is 10.4. The molecule has 2 fully saturated rings. The Balaban J connectivity index is 2.00. The largest absolute Gasteiger partial charge is 0.390 e. The van der Waals surface area contributed by atoms with Gasteiger partial charge in [0, 0.05) is 7.11 Å². The Morgan fingerprint density at radius 2 is 1.80 bits per heavy atom. The summed E-state index contributed by atoms with van der Waals surface area (Å²) in [6, 6.07) is 0. The van der Waals surface area contributed by atoms with Gasteiger partial charge in [0.25, 0.3) is 0 Å². The van der Waals surface area contributed by atoms with Crippen LogP contribution in [0.2, 0.25) is 0 Å². The van der Waals surface area contributed by atoms with Crippen molar-refractivity contribution in [1.82, 2.24) is 0 Å². The second-order valence-corrected chi connectivity index (χ2v) is 5.59. The zero-order valence-corrected chi connectivity index (χ0v) is 10.0. The van der Waals surface area contributed by atoms with Crippen LogP contribution < -0.4 is 0 Å². The minimum Gasteiger partial charge on any atom is -0.390 e. The molecule has 0 aliphatic heterocycles. The molecule has 0 amide bonds. The van der Waals surface area contributed by atoms with E-state index < -0.39 is 0 Å². The van der Waals surface area contributed by atoms with Gasteiger partial charge in [-0.25, -0.2) is 0 Å². The summed E-state index contributed by atoms with van der Waals surface area (Å²) in [4.78, 5) is 0. The van der Waals surface area contributed by atoms with Crippen LogP contribution in [0.15, 0.2) is 0 Å². The van der Waals surface area contributed by atoms with Gasteiger partial charge in [-0.1, -0.05) is 13.3 Å². The Hall–Kier alpha value is -0.0800. The molecule has 0 spiro atoms. The third-order valence-corrected chi connectivity index (χ3v) is 4.66. The third-order valence-electron chi connectivity index (χ3n) is 4.66. The number of hydrogen-bond acceptors (Lipinski definition) is 2. The summed E-state index contributed by atoms with van der Waals surface area (Å²) in [7, 11) is 1.78. The van der Waals surface area contributed by atoms with E-state index in [4.69, 9.17) is 4.74 Å². The summed E-state index contributed by atoms with van der Waals surface area (Å²) in [6.07, 6.45) is 7.96. The van der Waals surface area contributed by atoms with Crippen LogP contribution in [0, 0.1) is 11.8 Å². The summed E-state index contributed by atoms with van der Waals surface area (Å²) < 4.78 is 5.70. The zero-order valence-electron chi connectivity index (χ0n) is 10.0. The molecule has 2 aliphatic carbocycles. The normalized spacial score (nSPS) is 39.8. The SMILES string of the molecule is COC1(C(O)C2CCC2)CCC(C)CC1. The van der Waals surface area contributed by atoms with E-state index in [1.54, 1.807) is 7.11 Å². The molecule has 2 aliphatic rings. The molecule has 1 N–H and O–H groups in total. The third kappa shape index (κ3) is 2.07. The molecule has 2 heteroatoms. The first-order valence-corrected chi connectivity index (χ1v) is 6.41. The quantitative estimate of drug-likeness (QED) is 0.779. The molecule has 88 valence electrons. The molecule has 0 aromatic carbocycles. The van der Waals surface area contributed by atoms with Gasteiger partial charge in [-0.2, -0.15) is 0 Å². The van der Waals surface area contributed by atoms with Crippen LogP contribution in [0.1, 0.15) is 51.9 Å². The van der Waals surface area contributed by atoms with E-state index in [-0.39, 0.29) is 11.7 Å². The van der Waals surface area contributed by atoms with Crippen molar-refractivity contribution in [2.75, 3.05) is 7.11 Å². The molecule has 0 aromatic heterocycles. The number of hydrogen-bond donors (Lipinski definition) is 1. The average molecular weight is 212 g/mol. The second kappa shape index (κ2) is 4.42. The fourth-order valence-electron chi connectivity index (χ4n) is 3.06. The Morgan fingerprint density at radius 1 is 1.20 bits per heavy atom. The molecular formula is C13H24O2. The fraction of sp³-hybridized carbons (Fsp3) is 1.00. The molecule has 0 bridgehead atoms. The highest BCUT2D eigenvalue weighted by molar-refractivity contribution is 4.97. The minimum atomic E-state index is -0.219. The van der Waals surface area contributed by atoms with Crippen molar-refractivity contribution < 1.29 is 9.84 Å². The van der Waals surface area contributed by atoms with Gasteiger partial charge in [0.05, 0.1) is 11.7 Å². The van der Waals surface area contributed by atoms with Crippen molar-refractivity contribution >= 4 is 0 Å². The van der Waals surface area contributed by atoms with Crippen molar-refractivity contribution in [3.05, 3.63) is 0 Å². The number of aliphatic hydroxyl groups excluding tert-OH is 1. The highest BCUT2D eigenvalue weighted by Gasteiger charge is 2.45. The number of ether oxygens (including phenoxy) is 1. The second-order valence-electron chi connectivity index (χ2n) is 5.59. The van der Waals surface area contributed by atoms with Gasteiger partial charge in [-0.15, -0.1) is 0 Å². The first-order valence-electron chi connectivity index (χ1n) is 6.41. The topological polar surface area (TPSA) is 29.5 Å². The Bertz CT molecular complexity index is 203. The van der Waals surface area contributed by atoms with Crippen molar-refractivity contribution in [2.24, 2.45) is 11.8 Å². The van der Waals surface area contributed by atoms with Gasteiger partial charge in [0.15, 0.2) is 0 Å². The summed E-state index contributed by atoms with van der Waals surface area (Å²) in [5.74, 6) is 1.32. The molecule has 0 radical (unpaired) electrons. The predicted octanol–water partition coefficient (Wildman–Crippen LogP) is 2.74. The average Bonchev–Trinajstić information content (AvgIpc) is 2.17. The highest BCUT2D eigenvalue weighted by Crippen LogP contribution is 2.43. The lowest BCUT2D eigenvalue weighted by molar-refractivity contribution is -0.156. The van der Waals surface area contributed by atoms with Crippen molar-refractivity contribution in [1.29, 1.82) is 0 Å². The molecule has 1 unspecified atom stereocenters. The highest BCUT2D eigenvalue weighted by atomic mass is 16.5. The summed E-state index contributed by atoms with van der Waals surface area (Å²) in [5, 5.41) is 10.4. The molecule has 15 heavy (non-hydrogen) atoms. The number of aliphatic hydroxyl groups is 1. The lowest BCUT2D eigenvalue weighted by atomic mass is 9.68. The first kappa shape index (κ1) is 11.4. The van der Waals surface area contributed by atoms with E-state index in [0.717, 1.165) is 18.8 Å². The van der Waals surface area contributed by atoms with Crippen LogP contribution in [0.3, 0.4) is 0 Å². The van der Waals surface area contributed by atoms with Gasteiger partial charge in [0.2, 0.25) is 0 Å². The van der Waals surface area contributed by atoms with Crippen molar-refractivity contribution in [3.8, 4) is 0 Å². The molecule has 0 saturated heterocycles. The molecule has 2 nitrogen and oxygen atoms in total. The Kier molecular flexibility index (Phi) is 3.36. The molecular weight excluding hydrogens is 188 g/mol. The standard InChI is InChI=1S/C13H24O2/c1-10-6-8-13(15-2,9-7-10)12(14)11-4-3-5-11/h10-12,14H,3-9H2,1-2H3. The minimum absolute atomic E-state index is 0.211. The monoisotopic (exact) mass is 212 g/mol. The summed E-state index contributed by atoms with van der Waals surface area (Å²) in [5.41, 5.74) is -0.211. The molecule has 2 saturated carbocycles. The van der Waals surface area contributed by atoms with E-state index in [1.807, 2.05) is 0 Å². The number of methoxy groups -OCH3 is 1. The summed E-state index contributed by atoms with van der Waals surface area (Å²) in [6.45, 7) is 2.30. The Morgan fingerprint density at radius 3 is 2.20 bits per heavy atom. The Labute approximate surface area is 93.0 Å². The van der Waals surface area contributed by atoms with Crippen LogP contribution in [0.5, 0.6) is 0 Å². The van der Waals surface area contributed by atoms with E-state index in [0.29, 0.717) is 5.92 Å². The van der Waals surface area contributed by atoms with Crippen LogP contribution in [-0.4, -0.2) is 23.9 Å². The van der Waals surface area contributed by atoms with Crippen molar-refractivity contribution in [3.63, 3.8) is 0 Å². The van der Waals surface area contributed by atoms with Crippen LogP contribution in [0.25, 0.3) is 0 Å². The van der Waals surface area contributed by atoms with Crippen LogP contribution in [0.4, 0.5) is 0 Å². The molecule has 0 aromatic rings. The molecule has 0 heterocycles.